The maximum absolute atomic E-state index is 13.5. The summed E-state index contributed by atoms with van der Waals surface area (Å²) < 4.78 is 13.5. The number of hydrogen-bond donors (Lipinski definition) is 1. The van der Waals surface area contributed by atoms with Crippen LogP contribution >= 0.6 is 0 Å². The van der Waals surface area contributed by atoms with Crippen LogP contribution in [0.15, 0.2) is 18.2 Å². The van der Waals surface area contributed by atoms with Crippen molar-refractivity contribution in [3.8, 4) is 0 Å². The largest absolute Gasteiger partial charge is 0.321 e. The van der Waals surface area contributed by atoms with Gasteiger partial charge in [-0.05, 0) is 67.2 Å². The molecular formula is C18H28FN. The standard InChI is InChI=1S/C18H28FN/c1-5-17(3,4)14-8-10-18(20,11-9-14)16-12-15(19)7-6-13(16)2/h6-7,12,14H,5,8-11,20H2,1-4H3. The van der Waals surface area contributed by atoms with Crippen molar-refractivity contribution >= 4 is 0 Å². The van der Waals surface area contributed by atoms with Gasteiger partial charge >= 0.3 is 0 Å². The second-order valence-corrected chi connectivity index (χ2v) is 7.23. The van der Waals surface area contributed by atoms with Gasteiger partial charge in [-0.25, -0.2) is 4.39 Å². The molecule has 2 rings (SSSR count). The predicted octanol–water partition coefficient (Wildman–Crippen LogP) is 4.91. The molecule has 0 spiro atoms. The topological polar surface area (TPSA) is 26.0 Å². The van der Waals surface area contributed by atoms with Crippen LogP contribution in [0.3, 0.4) is 0 Å². The minimum atomic E-state index is -0.341. The van der Waals surface area contributed by atoms with E-state index in [4.69, 9.17) is 5.73 Å². The lowest BCUT2D eigenvalue weighted by Crippen LogP contribution is -2.43. The molecule has 0 heterocycles. The minimum Gasteiger partial charge on any atom is -0.321 e. The summed E-state index contributed by atoms with van der Waals surface area (Å²) in [6, 6.07) is 5.01. The molecule has 0 unspecified atom stereocenters. The molecule has 0 radical (unpaired) electrons. The van der Waals surface area contributed by atoms with Crippen LogP contribution in [0.25, 0.3) is 0 Å². The Morgan fingerprint density at radius 1 is 1.30 bits per heavy atom. The first-order valence-corrected chi connectivity index (χ1v) is 7.84. The molecule has 1 aromatic carbocycles. The van der Waals surface area contributed by atoms with Crippen LogP contribution in [0, 0.1) is 24.1 Å². The molecule has 1 aliphatic rings. The highest BCUT2D eigenvalue weighted by Crippen LogP contribution is 2.46. The second kappa shape index (κ2) is 5.48. The van der Waals surface area contributed by atoms with E-state index in [-0.39, 0.29) is 11.4 Å². The zero-order valence-electron chi connectivity index (χ0n) is 13.3. The zero-order valence-corrected chi connectivity index (χ0v) is 13.3. The first-order chi connectivity index (χ1) is 9.28. The van der Waals surface area contributed by atoms with Crippen LogP contribution in [0.4, 0.5) is 4.39 Å². The van der Waals surface area contributed by atoms with E-state index in [0.29, 0.717) is 5.41 Å². The van der Waals surface area contributed by atoms with E-state index in [1.54, 1.807) is 6.07 Å². The zero-order chi connectivity index (χ0) is 15.0. The molecule has 0 aliphatic heterocycles. The fourth-order valence-corrected chi connectivity index (χ4v) is 3.60. The third-order valence-corrected chi connectivity index (χ3v) is 5.63. The first-order valence-electron chi connectivity index (χ1n) is 7.84. The van der Waals surface area contributed by atoms with E-state index in [1.165, 1.54) is 12.5 Å². The molecule has 112 valence electrons. The Balaban J connectivity index is 2.18. The highest BCUT2D eigenvalue weighted by Gasteiger charge is 2.38. The van der Waals surface area contributed by atoms with Crippen molar-refractivity contribution in [2.45, 2.75) is 65.3 Å². The fourth-order valence-electron chi connectivity index (χ4n) is 3.60. The molecule has 1 aliphatic carbocycles. The number of benzene rings is 1. The SMILES string of the molecule is CCC(C)(C)C1CCC(N)(c2cc(F)ccc2C)CC1. The van der Waals surface area contributed by atoms with Crippen LogP contribution in [-0.2, 0) is 5.54 Å². The molecule has 20 heavy (non-hydrogen) atoms. The van der Waals surface area contributed by atoms with E-state index in [2.05, 4.69) is 20.8 Å². The Kier molecular flexibility index (Phi) is 4.24. The normalized spacial score (nSPS) is 27.6. The van der Waals surface area contributed by atoms with Gasteiger partial charge in [-0.2, -0.15) is 0 Å². The van der Waals surface area contributed by atoms with E-state index < -0.39 is 0 Å². The molecule has 0 saturated heterocycles. The summed E-state index contributed by atoms with van der Waals surface area (Å²) in [5, 5.41) is 0. The summed E-state index contributed by atoms with van der Waals surface area (Å²) in [6.07, 6.45) is 5.42. The van der Waals surface area contributed by atoms with Crippen molar-refractivity contribution in [3.63, 3.8) is 0 Å². The molecule has 2 N–H and O–H groups in total. The quantitative estimate of drug-likeness (QED) is 0.834. The van der Waals surface area contributed by atoms with Crippen molar-refractivity contribution in [1.29, 1.82) is 0 Å². The fraction of sp³-hybridized carbons (Fsp3) is 0.667. The number of rotatable bonds is 3. The first kappa shape index (κ1) is 15.5. The molecule has 0 bridgehead atoms. The van der Waals surface area contributed by atoms with E-state index in [9.17, 15) is 4.39 Å². The molecule has 1 fully saturated rings. The van der Waals surface area contributed by atoms with Gasteiger partial charge in [0.25, 0.3) is 0 Å². The van der Waals surface area contributed by atoms with Gasteiger partial charge in [-0.15, -0.1) is 0 Å². The van der Waals surface area contributed by atoms with E-state index in [1.807, 2.05) is 13.0 Å². The summed E-state index contributed by atoms with van der Waals surface area (Å²) in [7, 11) is 0. The third kappa shape index (κ3) is 2.90. The van der Waals surface area contributed by atoms with Crippen LogP contribution < -0.4 is 5.73 Å². The molecule has 0 aromatic heterocycles. The molecule has 0 amide bonds. The molecule has 2 heteroatoms. The lowest BCUT2D eigenvalue weighted by atomic mass is 9.64. The average molecular weight is 277 g/mol. The lowest BCUT2D eigenvalue weighted by Gasteiger charge is -2.44. The van der Waals surface area contributed by atoms with Gasteiger partial charge < -0.3 is 5.73 Å². The smallest absolute Gasteiger partial charge is 0.123 e. The molecule has 1 saturated carbocycles. The molecular weight excluding hydrogens is 249 g/mol. The monoisotopic (exact) mass is 277 g/mol. The van der Waals surface area contributed by atoms with Crippen LogP contribution in [0.2, 0.25) is 0 Å². The van der Waals surface area contributed by atoms with E-state index in [0.717, 1.165) is 42.7 Å². The minimum absolute atomic E-state index is 0.175. The lowest BCUT2D eigenvalue weighted by molar-refractivity contribution is 0.114. The molecule has 0 atom stereocenters. The Labute approximate surface area is 122 Å². The van der Waals surface area contributed by atoms with Crippen LogP contribution in [0.5, 0.6) is 0 Å². The van der Waals surface area contributed by atoms with Gasteiger partial charge in [-0.1, -0.05) is 33.3 Å². The Bertz CT molecular complexity index is 470. The third-order valence-electron chi connectivity index (χ3n) is 5.63. The van der Waals surface area contributed by atoms with Gasteiger partial charge in [-0.3, -0.25) is 0 Å². The van der Waals surface area contributed by atoms with Crippen molar-refractivity contribution in [2.75, 3.05) is 0 Å². The van der Waals surface area contributed by atoms with Crippen LogP contribution in [0.1, 0.15) is 64.0 Å². The maximum Gasteiger partial charge on any atom is 0.123 e. The van der Waals surface area contributed by atoms with Crippen molar-refractivity contribution in [1.82, 2.24) is 0 Å². The number of aryl methyl sites for hydroxylation is 1. The van der Waals surface area contributed by atoms with Gasteiger partial charge in [0.05, 0.1) is 0 Å². The Hall–Kier alpha value is -0.890. The van der Waals surface area contributed by atoms with Gasteiger partial charge in [0.1, 0.15) is 5.82 Å². The highest BCUT2D eigenvalue weighted by molar-refractivity contribution is 5.33. The van der Waals surface area contributed by atoms with Gasteiger partial charge in [0, 0.05) is 5.54 Å². The Morgan fingerprint density at radius 2 is 1.90 bits per heavy atom. The summed E-state index contributed by atoms with van der Waals surface area (Å²) in [4.78, 5) is 0. The number of hydrogen-bond acceptors (Lipinski definition) is 1. The van der Waals surface area contributed by atoms with E-state index >= 15 is 0 Å². The van der Waals surface area contributed by atoms with Crippen molar-refractivity contribution in [3.05, 3.63) is 35.1 Å². The van der Waals surface area contributed by atoms with Crippen molar-refractivity contribution in [2.24, 2.45) is 17.1 Å². The summed E-state index contributed by atoms with van der Waals surface area (Å²) in [5.74, 6) is 0.560. The maximum atomic E-state index is 13.5. The summed E-state index contributed by atoms with van der Waals surface area (Å²) >= 11 is 0. The molecule has 1 nitrogen and oxygen atoms in total. The van der Waals surface area contributed by atoms with Gasteiger partial charge in [0.2, 0.25) is 0 Å². The predicted molar refractivity (Wildman–Crippen MR) is 83.0 cm³/mol. The summed E-state index contributed by atoms with van der Waals surface area (Å²) in [5.41, 5.74) is 8.79. The number of nitrogens with two attached hydrogens (primary N) is 1. The summed E-state index contributed by atoms with van der Waals surface area (Å²) in [6.45, 7) is 9.01. The van der Waals surface area contributed by atoms with Crippen LogP contribution in [-0.4, -0.2) is 0 Å². The van der Waals surface area contributed by atoms with Gasteiger partial charge in [0.15, 0.2) is 0 Å². The van der Waals surface area contributed by atoms with Crippen molar-refractivity contribution < 1.29 is 4.39 Å². The average Bonchev–Trinajstić information content (AvgIpc) is 2.42. The second-order valence-electron chi connectivity index (χ2n) is 7.23. The highest BCUT2D eigenvalue weighted by atomic mass is 19.1. The Morgan fingerprint density at radius 3 is 2.45 bits per heavy atom. The molecule has 1 aromatic rings. The number of halogens is 1.